The van der Waals surface area contributed by atoms with Gasteiger partial charge in [-0.05, 0) is 30.8 Å². The molecule has 8 heteroatoms. The summed E-state index contributed by atoms with van der Waals surface area (Å²) in [5, 5.41) is 8.88. The van der Waals surface area contributed by atoms with Gasteiger partial charge in [-0.15, -0.1) is 0 Å². The summed E-state index contributed by atoms with van der Waals surface area (Å²) in [7, 11) is 0. The first-order valence-electron chi connectivity index (χ1n) is 11.8. The predicted octanol–water partition coefficient (Wildman–Crippen LogP) is 7.88. The maximum Gasteiger partial charge on any atom is 0.228 e. The SMILES string of the molecule is CCCCCCCCCCCCCCC(=O)NC(NC(=S)Nc1ccccc1)C(Cl)(Cl)Cl. The number of benzene rings is 1. The van der Waals surface area contributed by atoms with E-state index in [2.05, 4.69) is 22.9 Å². The third kappa shape index (κ3) is 15.2. The Balaban J connectivity index is 2.18. The number of halogens is 3. The summed E-state index contributed by atoms with van der Waals surface area (Å²) in [5.41, 5.74) is 0.802. The molecule has 0 bridgehead atoms. The number of thiocarbonyl (C=S) groups is 1. The number of para-hydroxylation sites is 1. The van der Waals surface area contributed by atoms with Gasteiger partial charge in [-0.3, -0.25) is 4.79 Å². The number of unbranched alkanes of at least 4 members (excludes halogenated alkanes) is 11. The number of nitrogens with one attached hydrogen (secondary N) is 3. The van der Waals surface area contributed by atoms with Crippen LogP contribution in [0, 0.1) is 0 Å². The van der Waals surface area contributed by atoms with E-state index in [0.717, 1.165) is 24.9 Å². The zero-order valence-electron chi connectivity index (χ0n) is 19.1. The molecule has 1 unspecified atom stereocenters. The second-order valence-corrected chi connectivity index (χ2v) is 10.9. The average Bonchev–Trinajstić information content (AvgIpc) is 2.74. The van der Waals surface area contributed by atoms with Crippen LogP contribution in [0.15, 0.2) is 30.3 Å². The van der Waals surface area contributed by atoms with E-state index in [0.29, 0.717) is 6.42 Å². The molecule has 0 fully saturated rings. The molecule has 0 aliphatic heterocycles. The Hall–Kier alpha value is -0.750. The summed E-state index contributed by atoms with van der Waals surface area (Å²) in [6, 6.07) is 9.40. The zero-order chi connectivity index (χ0) is 23.7. The highest BCUT2D eigenvalue weighted by atomic mass is 35.6. The summed E-state index contributed by atoms with van der Waals surface area (Å²) in [5.74, 6) is -0.164. The Morgan fingerprint density at radius 1 is 0.844 bits per heavy atom. The molecule has 0 aliphatic rings. The van der Waals surface area contributed by atoms with Crippen LogP contribution >= 0.6 is 47.0 Å². The average molecular weight is 523 g/mol. The number of rotatable bonds is 16. The summed E-state index contributed by atoms with van der Waals surface area (Å²) in [6.07, 6.45) is 14.4. The topological polar surface area (TPSA) is 53.2 Å². The first kappa shape index (κ1) is 29.3. The molecule has 1 rings (SSSR count). The van der Waals surface area contributed by atoms with Crippen molar-refractivity contribution < 1.29 is 4.79 Å². The van der Waals surface area contributed by atoms with E-state index < -0.39 is 9.96 Å². The monoisotopic (exact) mass is 521 g/mol. The summed E-state index contributed by atoms with van der Waals surface area (Å²) in [4.78, 5) is 12.3. The zero-order valence-corrected chi connectivity index (χ0v) is 22.2. The van der Waals surface area contributed by atoms with Crippen molar-refractivity contribution in [3.05, 3.63) is 30.3 Å². The first-order chi connectivity index (χ1) is 15.3. The quantitative estimate of drug-likeness (QED) is 0.0894. The molecule has 0 saturated heterocycles. The van der Waals surface area contributed by atoms with Crippen molar-refractivity contribution >= 4 is 63.7 Å². The Kier molecular flexibility index (Phi) is 16.2. The molecule has 1 aromatic rings. The molecule has 0 aliphatic carbocycles. The van der Waals surface area contributed by atoms with Crippen molar-refractivity contribution in [1.82, 2.24) is 10.6 Å². The molecule has 32 heavy (non-hydrogen) atoms. The molecule has 182 valence electrons. The number of alkyl halides is 3. The normalized spacial score (nSPS) is 12.2. The van der Waals surface area contributed by atoms with Gasteiger partial charge in [-0.2, -0.15) is 0 Å². The number of amides is 1. The van der Waals surface area contributed by atoms with Crippen molar-refractivity contribution in [3.63, 3.8) is 0 Å². The van der Waals surface area contributed by atoms with Gasteiger partial charge in [0.15, 0.2) is 5.11 Å². The Morgan fingerprint density at radius 3 is 1.84 bits per heavy atom. The maximum atomic E-state index is 12.3. The Labute approximate surface area is 214 Å². The molecule has 0 radical (unpaired) electrons. The van der Waals surface area contributed by atoms with Gasteiger partial charge in [0.05, 0.1) is 0 Å². The van der Waals surface area contributed by atoms with Gasteiger partial charge in [0.1, 0.15) is 6.17 Å². The van der Waals surface area contributed by atoms with Crippen molar-refractivity contribution in [2.75, 3.05) is 5.32 Å². The van der Waals surface area contributed by atoms with Gasteiger partial charge in [-0.1, -0.05) is 131 Å². The highest BCUT2D eigenvalue weighted by Crippen LogP contribution is 2.29. The largest absolute Gasteiger partial charge is 0.339 e. The van der Waals surface area contributed by atoms with Crippen LogP contribution in [0.2, 0.25) is 0 Å². The third-order valence-electron chi connectivity index (χ3n) is 5.20. The van der Waals surface area contributed by atoms with Crippen molar-refractivity contribution in [2.45, 2.75) is 100 Å². The van der Waals surface area contributed by atoms with Crippen LogP contribution in [0.25, 0.3) is 0 Å². The van der Waals surface area contributed by atoms with Crippen molar-refractivity contribution in [3.8, 4) is 0 Å². The fourth-order valence-electron chi connectivity index (χ4n) is 3.38. The van der Waals surface area contributed by atoms with Crippen LogP contribution in [0.5, 0.6) is 0 Å². The number of anilines is 1. The van der Waals surface area contributed by atoms with E-state index in [1.54, 1.807) is 0 Å². The fourth-order valence-corrected chi connectivity index (χ4v) is 3.94. The van der Waals surface area contributed by atoms with E-state index in [1.165, 1.54) is 57.8 Å². The van der Waals surface area contributed by atoms with Crippen LogP contribution in [-0.2, 0) is 4.79 Å². The molecular weight excluding hydrogens is 485 g/mol. The molecule has 1 aromatic carbocycles. The minimum Gasteiger partial charge on any atom is -0.339 e. The summed E-state index contributed by atoms with van der Waals surface area (Å²) < 4.78 is -1.74. The lowest BCUT2D eigenvalue weighted by molar-refractivity contribution is -0.122. The number of carbonyl (C=O) groups excluding carboxylic acids is 1. The molecule has 3 N–H and O–H groups in total. The van der Waals surface area contributed by atoms with Crippen LogP contribution in [0.1, 0.15) is 90.4 Å². The third-order valence-corrected chi connectivity index (χ3v) is 6.07. The van der Waals surface area contributed by atoms with E-state index >= 15 is 0 Å². The molecule has 4 nitrogen and oxygen atoms in total. The smallest absolute Gasteiger partial charge is 0.228 e. The number of hydrogen-bond acceptors (Lipinski definition) is 2. The first-order valence-corrected chi connectivity index (χ1v) is 13.4. The van der Waals surface area contributed by atoms with Crippen LogP contribution in [-0.4, -0.2) is 21.0 Å². The molecule has 1 amide bonds. The van der Waals surface area contributed by atoms with Crippen LogP contribution < -0.4 is 16.0 Å². The number of hydrogen-bond donors (Lipinski definition) is 3. The molecule has 0 spiro atoms. The van der Waals surface area contributed by atoms with Crippen molar-refractivity contribution in [1.29, 1.82) is 0 Å². The molecule has 0 saturated carbocycles. The van der Waals surface area contributed by atoms with Gasteiger partial charge < -0.3 is 16.0 Å². The van der Waals surface area contributed by atoms with Crippen LogP contribution in [0.3, 0.4) is 0 Å². The molecule has 0 aromatic heterocycles. The lowest BCUT2D eigenvalue weighted by Gasteiger charge is -2.27. The molecular formula is C24H38Cl3N3OS. The standard InChI is InChI=1S/C24H38Cl3N3OS/c1-2-3-4-5-6-7-8-9-10-11-12-16-19-21(31)29-22(24(25,26)27)30-23(32)28-20-17-14-13-15-18-20/h13-15,17-18,22H,2-12,16,19H2,1H3,(H,29,31)(H2,28,30,32). The highest BCUT2D eigenvalue weighted by Gasteiger charge is 2.34. The summed E-state index contributed by atoms with van der Waals surface area (Å²) in [6.45, 7) is 2.25. The van der Waals surface area contributed by atoms with Gasteiger partial charge in [0.2, 0.25) is 9.70 Å². The molecule has 1 atom stereocenters. The number of carbonyl (C=O) groups is 1. The van der Waals surface area contributed by atoms with E-state index in [4.69, 9.17) is 47.0 Å². The molecule has 0 heterocycles. The second-order valence-electron chi connectivity index (χ2n) is 8.15. The Morgan fingerprint density at radius 2 is 1.34 bits per heavy atom. The maximum absolute atomic E-state index is 12.3. The minimum atomic E-state index is -1.74. The minimum absolute atomic E-state index is 0.164. The second kappa shape index (κ2) is 17.7. The van der Waals surface area contributed by atoms with Crippen molar-refractivity contribution in [2.24, 2.45) is 0 Å². The van der Waals surface area contributed by atoms with Gasteiger partial charge in [-0.25, -0.2) is 0 Å². The fraction of sp³-hybridized carbons (Fsp3) is 0.667. The van der Waals surface area contributed by atoms with Gasteiger partial charge in [0.25, 0.3) is 0 Å². The predicted molar refractivity (Wildman–Crippen MR) is 144 cm³/mol. The van der Waals surface area contributed by atoms with Gasteiger partial charge in [0, 0.05) is 12.1 Å². The lowest BCUT2D eigenvalue weighted by Crippen LogP contribution is -2.56. The van der Waals surface area contributed by atoms with E-state index in [1.807, 2.05) is 30.3 Å². The highest BCUT2D eigenvalue weighted by molar-refractivity contribution is 7.80. The summed E-state index contributed by atoms with van der Waals surface area (Å²) >= 11 is 23.4. The van der Waals surface area contributed by atoms with E-state index in [-0.39, 0.29) is 11.0 Å². The Bertz CT molecular complexity index is 641. The lowest BCUT2D eigenvalue weighted by atomic mass is 10.0. The van der Waals surface area contributed by atoms with Gasteiger partial charge >= 0.3 is 0 Å². The van der Waals surface area contributed by atoms with Crippen LogP contribution in [0.4, 0.5) is 5.69 Å². The van der Waals surface area contributed by atoms with E-state index in [9.17, 15) is 4.79 Å².